The van der Waals surface area contributed by atoms with Gasteiger partial charge in [-0.1, -0.05) is 47.5 Å². The minimum Gasteiger partial charge on any atom is -0.508 e. The molecule has 0 fully saturated rings. The number of rotatable bonds is 3. The van der Waals surface area contributed by atoms with Crippen molar-refractivity contribution < 1.29 is 5.11 Å². The number of phenols is 1. The van der Waals surface area contributed by atoms with Gasteiger partial charge in [-0.25, -0.2) is 4.98 Å². The number of aromatic nitrogens is 2. The lowest BCUT2D eigenvalue weighted by atomic mass is 9.94. The first-order chi connectivity index (χ1) is 12.1. The molecule has 128 valence electrons. The molecular formula is C21H23N3O. The van der Waals surface area contributed by atoms with Gasteiger partial charge in [0.25, 0.3) is 0 Å². The number of hydrogen-bond acceptors (Lipinski definition) is 3. The summed E-state index contributed by atoms with van der Waals surface area (Å²) < 4.78 is 0. The SMILES string of the molecule is Cc1ccc([C@H]2c3nc[nH]c3CCN2Cc2cc(C)ccc2O)cc1. The fraction of sp³-hybridized carbons (Fsp3) is 0.286. The number of benzene rings is 2. The van der Waals surface area contributed by atoms with E-state index >= 15 is 0 Å². The van der Waals surface area contributed by atoms with Gasteiger partial charge in [-0.05, 0) is 25.5 Å². The molecule has 3 aromatic rings. The van der Waals surface area contributed by atoms with Crippen LogP contribution in [0.5, 0.6) is 5.75 Å². The molecule has 0 bridgehead atoms. The highest BCUT2D eigenvalue weighted by molar-refractivity contribution is 5.38. The van der Waals surface area contributed by atoms with E-state index in [1.54, 1.807) is 12.4 Å². The quantitative estimate of drug-likeness (QED) is 0.765. The number of imidazole rings is 1. The van der Waals surface area contributed by atoms with Gasteiger partial charge >= 0.3 is 0 Å². The molecular weight excluding hydrogens is 310 g/mol. The van der Waals surface area contributed by atoms with Crippen LogP contribution in [0.15, 0.2) is 48.8 Å². The Morgan fingerprint density at radius 2 is 1.88 bits per heavy atom. The first-order valence-corrected chi connectivity index (χ1v) is 8.73. The maximum Gasteiger partial charge on any atom is 0.120 e. The fourth-order valence-corrected chi connectivity index (χ4v) is 3.67. The number of fused-ring (bicyclic) bond motifs is 1. The molecule has 0 amide bonds. The van der Waals surface area contributed by atoms with Crippen LogP contribution < -0.4 is 0 Å². The van der Waals surface area contributed by atoms with Gasteiger partial charge < -0.3 is 10.1 Å². The Bertz CT molecular complexity index is 882. The van der Waals surface area contributed by atoms with Crippen molar-refractivity contribution in [2.24, 2.45) is 0 Å². The van der Waals surface area contributed by atoms with E-state index in [1.165, 1.54) is 16.8 Å². The van der Waals surface area contributed by atoms with E-state index < -0.39 is 0 Å². The number of aromatic amines is 1. The van der Waals surface area contributed by atoms with E-state index in [9.17, 15) is 5.11 Å². The van der Waals surface area contributed by atoms with Crippen molar-refractivity contribution in [3.63, 3.8) is 0 Å². The second-order valence-corrected chi connectivity index (χ2v) is 6.93. The number of aryl methyl sites for hydroxylation is 2. The average molecular weight is 333 g/mol. The highest BCUT2D eigenvalue weighted by atomic mass is 16.3. The van der Waals surface area contributed by atoms with Crippen molar-refractivity contribution in [1.29, 1.82) is 0 Å². The molecule has 1 aromatic heterocycles. The third-order valence-electron chi connectivity index (χ3n) is 5.03. The second-order valence-electron chi connectivity index (χ2n) is 6.93. The summed E-state index contributed by atoms with van der Waals surface area (Å²) in [6.07, 6.45) is 2.74. The van der Waals surface area contributed by atoms with Crippen molar-refractivity contribution in [2.45, 2.75) is 32.9 Å². The molecule has 0 saturated carbocycles. The molecule has 0 unspecified atom stereocenters. The first-order valence-electron chi connectivity index (χ1n) is 8.73. The zero-order valence-electron chi connectivity index (χ0n) is 14.7. The fourth-order valence-electron chi connectivity index (χ4n) is 3.67. The van der Waals surface area contributed by atoms with Gasteiger partial charge in [-0.2, -0.15) is 0 Å². The molecule has 0 saturated heterocycles. The van der Waals surface area contributed by atoms with E-state index in [1.807, 2.05) is 6.07 Å². The Balaban J connectivity index is 1.73. The molecule has 1 aliphatic heterocycles. The molecule has 2 aromatic carbocycles. The lowest BCUT2D eigenvalue weighted by molar-refractivity contribution is 0.198. The molecule has 2 N–H and O–H groups in total. The van der Waals surface area contributed by atoms with E-state index in [0.29, 0.717) is 12.3 Å². The van der Waals surface area contributed by atoms with Crippen LogP contribution in [0.2, 0.25) is 0 Å². The maximum atomic E-state index is 10.3. The van der Waals surface area contributed by atoms with Crippen LogP contribution in [0.25, 0.3) is 0 Å². The van der Waals surface area contributed by atoms with Crippen LogP contribution in [0.3, 0.4) is 0 Å². The number of nitrogens with one attached hydrogen (secondary N) is 1. The molecule has 1 aliphatic rings. The van der Waals surface area contributed by atoms with Crippen molar-refractivity contribution in [2.75, 3.05) is 6.54 Å². The van der Waals surface area contributed by atoms with Gasteiger partial charge in [0.05, 0.1) is 18.1 Å². The second kappa shape index (κ2) is 6.37. The molecule has 0 spiro atoms. The molecule has 25 heavy (non-hydrogen) atoms. The number of phenolic OH excluding ortho intramolecular Hbond substituents is 1. The van der Waals surface area contributed by atoms with Gasteiger partial charge in [0.1, 0.15) is 5.75 Å². The topological polar surface area (TPSA) is 52.2 Å². The van der Waals surface area contributed by atoms with Gasteiger partial charge in [0.15, 0.2) is 0 Å². The van der Waals surface area contributed by atoms with Crippen LogP contribution >= 0.6 is 0 Å². The maximum absolute atomic E-state index is 10.3. The van der Waals surface area contributed by atoms with Gasteiger partial charge in [-0.3, -0.25) is 4.90 Å². The lowest BCUT2D eigenvalue weighted by Gasteiger charge is -2.35. The Hall–Kier alpha value is -2.59. The Morgan fingerprint density at radius 3 is 2.68 bits per heavy atom. The van der Waals surface area contributed by atoms with E-state index in [4.69, 9.17) is 0 Å². The molecule has 0 radical (unpaired) electrons. The lowest BCUT2D eigenvalue weighted by Crippen LogP contribution is -2.35. The summed E-state index contributed by atoms with van der Waals surface area (Å²) in [5, 5.41) is 10.3. The summed E-state index contributed by atoms with van der Waals surface area (Å²) in [5.74, 6) is 0.362. The predicted octanol–water partition coefficient (Wildman–Crippen LogP) is 3.88. The van der Waals surface area contributed by atoms with Crippen LogP contribution in [0.4, 0.5) is 0 Å². The first kappa shape index (κ1) is 15.9. The molecule has 2 heterocycles. The third-order valence-corrected chi connectivity index (χ3v) is 5.03. The molecule has 4 rings (SSSR count). The largest absolute Gasteiger partial charge is 0.508 e. The van der Waals surface area contributed by atoms with E-state index in [2.05, 4.69) is 59.0 Å². The van der Waals surface area contributed by atoms with Crippen LogP contribution in [-0.4, -0.2) is 26.5 Å². The molecule has 0 aliphatic carbocycles. The summed E-state index contributed by atoms with van der Waals surface area (Å²) in [6, 6.07) is 14.6. The zero-order valence-corrected chi connectivity index (χ0v) is 14.7. The summed E-state index contributed by atoms with van der Waals surface area (Å²) in [4.78, 5) is 10.3. The Kier molecular flexibility index (Phi) is 4.06. The smallest absolute Gasteiger partial charge is 0.120 e. The predicted molar refractivity (Wildman–Crippen MR) is 98.6 cm³/mol. The number of H-pyrrole nitrogens is 1. The summed E-state index contributed by atoms with van der Waals surface area (Å²) >= 11 is 0. The number of aromatic hydroxyl groups is 1. The summed E-state index contributed by atoms with van der Waals surface area (Å²) in [5.41, 5.74) is 6.95. The minimum absolute atomic E-state index is 0.107. The monoisotopic (exact) mass is 333 g/mol. The molecule has 4 nitrogen and oxygen atoms in total. The van der Waals surface area contributed by atoms with Crippen molar-refractivity contribution in [3.8, 4) is 5.75 Å². The Labute approximate surface area is 148 Å². The zero-order chi connectivity index (χ0) is 17.4. The summed E-state index contributed by atoms with van der Waals surface area (Å²) in [7, 11) is 0. The van der Waals surface area contributed by atoms with Crippen LogP contribution in [-0.2, 0) is 13.0 Å². The third kappa shape index (κ3) is 3.05. The van der Waals surface area contributed by atoms with Crippen molar-refractivity contribution >= 4 is 0 Å². The normalized spacial score (nSPS) is 17.4. The van der Waals surface area contributed by atoms with Crippen molar-refractivity contribution in [1.82, 2.24) is 14.9 Å². The molecule has 1 atom stereocenters. The van der Waals surface area contributed by atoms with E-state index in [-0.39, 0.29) is 6.04 Å². The standard InChI is InChI=1S/C21H23N3O/c1-14-3-6-16(7-4-14)21-20-18(22-13-23-20)9-10-24(21)12-17-11-15(2)5-8-19(17)25/h3-8,11,13,21,25H,9-10,12H2,1-2H3,(H,22,23)/t21-/m0/s1. The molecule has 4 heteroatoms. The van der Waals surface area contributed by atoms with Gasteiger partial charge in [-0.15, -0.1) is 0 Å². The minimum atomic E-state index is 0.107. The highest BCUT2D eigenvalue weighted by Gasteiger charge is 2.31. The van der Waals surface area contributed by atoms with Crippen molar-refractivity contribution in [3.05, 3.63) is 82.4 Å². The Morgan fingerprint density at radius 1 is 1.12 bits per heavy atom. The van der Waals surface area contributed by atoms with Crippen LogP contribution in [0, 0.1) is 13.8 Å². The average Bonchev–Trinajstić information content (AvgIpc) is 3.08. The number of nitrogens with zero attached hydrogens (tertiary/aromatic N) is 2. The summed E-state index contributed by atoms with van der Waals surface area (Å²) in [6.45, 7) is 5.80. The van der Waals surface area contributed by atoms with E-state index in [0.717, 1.165) is 29.8 Å². The highest BCUT2D eigenvalue weighted by Crippen LogP contribution is 2.35. The van der Waals surface area contributed by atoms with Gasteiger partial charge in [0.2, 0.25) is 0 Å². The number of hydrogen-bond donors (Lipinski definition) is 2. The van der Waals surface area contributed by atoms with Crippen LogP contribution in [0.1, 0.15) is 39.7 Å². The van der Waals surface area contributed by atoms with Gasteiger partial charge in [0, 0.05) is 30.8 Å².